The van der Waals surface area contributed by atoms with E-state index in [1.54, 1.807) is 6.07 Å². The second kappa shape index (κ2) is 4.24. The number of aromatic nitrogens is 1. The van der Waals surface area contributed by atoms with E-state index in [0.29, 0.717) is 10.3 Å². The van der Waals surface area contributed by atoms with Gasteiger partial charge in [-0.25, -0.2) is 9.71 Å². The van der Waals surface area contributed by atoms with Crippen LogP contribution in [0.3, 0.4) is 0 Å². The van der Waals surface area contributed by atoms with E-state index in [2.05, 4.69) is 30.4 Å². The number of hydrogen-bond donors (Lipinski definition) is 2. The van der Waals surface area contributed by atoms with Gasteiger partial charge >= 0.3 is 0 Å². The van der Waals surface area contributed by atoms with Crippen LogP contribution >= 0.6 is 15.9 Å². The van der Waals surface area contributed by atoms with Crippen LogP contribution in [-0.2, 0) is 10.2 Å². The van der Waals surface area contributed by atoms with Crippen molar-refractivity contribution in [1.29, 1.82) is 0 Å². The Hall–Kier alpha value is -0.660. The molecule has 14 heavy (non-hydrogen) atoms. The molecule has 7 heteroatoms. The molecule has 1 aromatic heterocycles. The Kier molecular flexibility index (Phi) is 3.46. The minimum Gasteiger partial charge on any atom is -0.270 e. The average Bonchev–Trinajstić information content (AvgIpc) is 2.11. The van der Waals surface area contributed by atoms with Crippen LogP contribution in [0.1, 0.15) is 5.56 Å². The molecule has 0 atom stereocenters. The van der Waals surface area contributed by atoms with Gasteiger partial charge in [0.15, 0.2) is 0 Å². The van der Waals surface area contributed by atoms with E-state index in [1.165, 1.54) is 13.2 Å². The number of aryl methyl sites for hydroxylation is 1. The Morgan fingerprint density at radius 3 is 2.64 bits per heavy atom. The van der Waals surface area contributed by atoms with E-state index in [0.717, 1.165) is 5.56 Å². The van der Waals surface area contributed by atoms with Crippen molar-refractivity contribution in [3.8, 4) is 0 Å². The van der Waals surface area contributed by atoms with Gasteiger partial charge < -0.3 is 0 Å². The van der Waals surface area contributed by atoms with Gasteiger partial charge in [-0.15, -0.1) is 0 Å². The van der Waals surface area contributed by atoms with Crippen LogP contribution in [0.5, 0.6) is 0 Å². The van der Waals surface area contributed by atoms with Crippen LogP contribution in [-0.4, -0.2) is 20.4 Å². The van der Waals surface area contributed by atoms with Crippen LogP contribution in [0.2, 0.25) is 0 Å². The summed E-state index contributed by atoms with van der Waals surface area (Å²) in [5.74, 6) is 0. The van der Waals surface area contributed by atoms with Crippen molar-refractivity contribution in [3.63, 3.8) is 0 Å². The fraction of sp³-hybridized carbons (Fsp3) is 0.286. The normalized spacial score (nSPS) is 11.4. The third kappa shape index (κ3) is 2.93. The lowest BCUT2D eigenvalue weighted by Gasteiger charge is -2.06. The highest BCUT2D eigenvalue weighted by Crippen LogP contribution is 2.17. The van der Waals surface area contributed by atoms with Crippen LogP contribution in [0.15, 0.2) is 16.9 Å². The summed E-state index contributed by atoms with van der Waals surface area (Å²) in [6.07, 6.45) is 1.44. The Bertz CT molecular complexity index is 433. The topological polar surface area (TPSA) is 71.1 Å². The van der Waals surface area contributed by atoms with E-state index in [4.69, 9.17) is 0 Å². The highest BCUT2D eigenvalue weighted by Gasteiger charge is 2.07. The molecule has 0 spiro atoms. The Balaban J connectivity index is 2.94. The largest absolute Gasteiger partial charge is 0.298 e. The van der Waals surface area contributed by atoms with Gasteiger partial charge in [0.2, 0.25) is 0 Å². The molecule has 0 aliphatic rings. The molecule has 1 rings (SSSR count). The summed E-state index contributed by atoms with van der Waals surface area (Å²) in [5.41, 5.74) is 1.29. The van der Waals surface area contributed by atoms with Crippen LogP contribution < -0.4 is 9.44 Å². The zero-order valence-electron chi connectivity index (χ0n) is 7.70. The van der Waals surface area contributed by atoms with E-state index in [-0.39, 0.29) is 0 Å². The molecule has 0 saturated heterocycles. The minimum atomic E-state index is -3.46. The molecule has 2 N–H and O–H groups in total. The quantitative estimate of drug-likeness (QED) is 0.812. The number of anilines is 1. The van der Waals surface area contributed by atoms with Crippen molar-refractivity contribution in [2.24, 2.45) is 0 Å². The zero-order valence-corrected chi connectivity index (χ0v) is 10.1. The molecule has 5 nitrogen and oxygen atoms in total. The fourth-order valence-corrected chi connectivity index (χ4v) is 1.56. The van der Waals surface area contributed by atoms with Crippen molar-refractivity contribution in [2.45, 2.75) is 6.92 Å². The highest BCUT2D eigenvalue weighted by atomic mass is 79.9. The van der Waals surface area contributed by atoms with Crippen molar-refractivity contribution >= 4 is 31.8 Å². The second-order valence-electron chi connectivity index (χ2n) is 2.64. The van der Waals surface area contributed by atoms with Gasteiger partial charge in [-0.2, -0.15) is 8.42 Å². The molecular weight excluding hydrogens is 270 g/mol. The summed E-state index contributed by atoms with van der Waals surface area (Å²) < 4.78 is 27.4. The number of hydrogen-bond acceptors (Lipinski definition) is 3. The summed E-state index contributed by atoms with van der Waals surface area (Å²) >= 11 is 3.22. The lowest BCUT2D eigenvalue weighted by molar-refractivity contribution is 0.593. The first-order valence-electron chi connectivity index (χ1n) is 3.78. The predicted octanol–water partition coefficient (Wildman–Crippen LogP) is 1.03. The smallest absolute Gasteiger partial charge is 0.270 e. The highest BCUT2D eigenvalue weighted by molar-refractivity contribution is 9.10. The standard InChI is InChI=1S/C7H10BrN3O2S/c1-5-3-6(4-10-7(5)8)11-14(12,13)9-2/h3-4,9,11H,1-2H3. The second-order valence-corrected chi connectivity index (χ2v) is 5.01. The van der Waals surface area contributed by atoms with E-state index < -0.39 is 10.2 Å². The van der Waals surface area contributed by atoms with Crippen molar-refractivity contribution in [3.05, 3.63) is 22.4 Å². The molecule has 0 bridgehead atoms. The molecule has 0 amide bonds. The van der Waals surface area contributed by atoms with Gasteiger partial charge in [0.25, 0.3) is 10.2 Å². The first kappa shape index (κ1) is 11.4. The van der Waals surface area contributed by atoms with Crippen molar-refractivity contribution in [1.82, 2.24) is 9.71 Å². The van der Waals surface area contributed by atoms with Crippen molar-refractivity contribution < 1.29 is 8.42 Å². The molecule has 0 aliphatic heterocycles. The molecular formula is C7H10BrN3O2S. The van der Waals surface area contributed by atoms with Gasteiger partial charge in [-0.3, -0.25) is 4.72 Å². The molecule has 0 fully saturated rings. The number of halogens is 1. The SMILES string of the molecule is CNS(=O)(=O)Nc1cnc(Br)c(C)c1. The Morgan fingerprint density at radius 1 is 1.50 bits per heavy atom. The van der Waals surface area contributed by atoms with Gasteiger partial charge in [-0.1, -0.05) is 0 Å². The molecule has 0 radical (unpaired) electrons. The molecule has 0 unspecified atom stereocenters. The van der Waals surface area contributed by atoms with Gasteiger partial charge in [-0.05, 0) is 34.5 Å². The van der Waals surface area contributed by atoms with E-state index in [9.17, 15) is 8.42 Å². The third-order valence-electron chi connectivity index (χ3n) is 1.54. The molecule has 0 saturated carbocycles. The zero-order chi connectivity index (χ0) is 10.8. The van der Waals surface area contributed by atoms with Crippen LogP contribution in [0.4, 0.5) is 5.69 Å². The first-order valence-corrected chi connectivity index (χ1v) is 6.05. The molecule has 1 aromatic rings. The summed E-state index contributed by atoms with van der Waals surface area (Å²) in [4.78, 5) is 3.96. The number of rotatable bonds is 3. The maximum atomic E-state index is 11.1. The predicted molar refractivity (Wildman–Crippen MR) is 58.3 cm³/mol. The number of pyridine rings is 1. The number of nitrogens with one attached hydrogen (secondary N) is 2. The minimum absolute atomic E-state index is 0.431. The molecule has 1 heterocycles. The lowest BCUT2D eigenvalue weighted by atomic mass is 10.3. The van der Waals surface area contributed by atoms with Crippen molar-refractivity contribution in [2.75, 3.05) is 11.8 Å². The van der Waals surface area contributed by atoms with Gasteiger partial charge in [0.05, 0.1) is 11.9 Å². The maximum Gasteiger partial charge on any atom is 0.298 e. The van der Waals surface area contributed by atoms with E-state index >= 15 is 0 Å². The lowest BCUT2D eigenvalue weighted by Crippen LogP contribution is -2.26. The Morgan fingerprint density at radius 2 is 2.14 bits per heavy atom. The summed E-state index contributed by atoms with van der Waals surface area (Å²) in [7, 11) is -2.12. The summed E-state index contributed by atoms with van der Waals surface area (Å²) in [6, 6.07) is 1.69. The van der Waals surface area contributed by atoms with Crippen LogP contribution in [0, 0.1) is 6.92 Å². The summed E-state index contributed by atoms with van der Waals surface area (Å²) in [6.45, 7) is 1.83. The fourth-order valence-electron chi connectivity index (χ4n) is 0.820. The van der Waals surface area contributed by atoms with Gasteiger partial charge in [0, 0.05) is 7.05 Å². The number of nitrogens with zero attached hydrogens (tertiary/aromatic N) is 1. The van der Waals surface area contributed by atoms with E-state index in [1.807, 2.05) is 6.92 Å². The molecule has 78 valence electrons. The molecule has 0 aliphatic carbocycles. The summed E-state index contributed by atoms with van der Waals surface area (Å²) in [5, 5.41) is 0. The Labute approximate surface area is 91.2 Å². The third-order valence-corrected chi connectivity index (χ3v) is 3.41. The van der Waals surface area contributed by atoms with Gasteiger partial charge in [0.1, 0.15) is 4.60 Å². The average molecular weight is 280 g/mol. The monoisotopic (exact) mass is 279 g/mol. The first-order chi connectivity index (χ1) is 6.44. The van der Waals surface area contributed by atoms with Crippen LogP contribution in [0.25, 0.3) is 0 Å². The molecule has 0 aromatic carbocycles. The maximum absolute atomic E-state index is 11.1.